The summed E-state index contributed by atoms with van der Waals surface area (Å²) in [6.07, 6.45) is 2.31. The molecule has 1 aliphatic heterocycles. The molecule has 0 spiro atoms. The molecular formula is C17H21N3O3. The third-order valence-electron chi connectivity index (χ3n) is 3.81. The van der Waals surface area contributed by atoms with Crippen LogP contribution in [0.15, 0.2) is 22.7 Å². The van der Waals surface area contributed by atoms with Crippen molar-refractivity contribution in [3.8, 4) is 5.88 Å². The van der Waals surface area contributed by atoms with Crippen LogP contribution in [0.25, 0.3) is 0 Å². The third-order valence-corrected chi connectivity index (χ3v) is 3.81. The van der Waals surface area contributed by atoms with Gasteiger partial charge in [-0.1, -0.05) is 13.8 Å². The van der Waals surface area contributed by atoms with Gasteiger partial charge in [-0.05, 0) is 19.1 Å². The van der Waals surface area contributed by atoms with E-state index < -0.39 is 0 Å². The van der Waals surface area contributed by atoms with Crippen LogP contribution in [0.2, 0.25) is 0 Å². The van der Waals surface area contributed by atoms with Gasteiger partial charge in [-0.15, -0.1) is 0 Å². The highest BCUT2D eigenvalue weighted by Crippen LogP contribution is 2.26. The van der Waals surface area contributed by atoms with Crippen LogP contribution in [0, 0.1) is 0 Å². The second-order valence-corrected chi connectivity index (χ2v) is 5.84. The van der Waals surface area contributed by atoms with Crippen LogP contribution in [0.3, 0.4) is 0 Å². The number of rotatable bonds is 4. The number of carbonyl (C=O) groups excluding carboxylic acids is 1. The molecule has 0 atom stereocenters. The molecule has 0 unspecified atom stereocenters. The summed E-state index contributed by atoms with van der Waals surface area (Å²) < 4.78 is 11.2. The van der Waals surface area contributed by atoms with E-state index in [1.807, 2.05) is 20.8 Å². The van der Waals surface area contributed by atoms with Crippen molar-refractivity contribution in [1.82, 2.24) is 14.9 Å². The molecule has 0 fully saturated rings. The van der Waals surface area contributed by atoms with Gasteiger partial charge in [0.1, 0.15) is 17.0 Å². The van der Waals surface area contributed by atoms with E-state index in [2.05, 4.69) is 9.97 Å². The number of hydrogen-bond donors (Lipinski definition) is 0. The fraction of sp³-hybridized carbons (Fsp3) is 0.471. The van der Waals surface area contributed by atoms with E-state index in [9.17, 15) is 4.79 Å². The fourth-order valence-electron chi connectivity index (χ4n) is 2.61. The predicted octanol–water partition coefficient (Wildman–Crippen LogP) is 2.79. The maximum atomic E-state index is 12.8. The van der Waals surface area contributed by atoms with Gasteiger partial charge in [0.25, 0.3) is 5.91 Å². The number of carbonyl (C=O) groups is 1. The number of hydrogen-bond acceptors (Lipinski definition) is 5. The molecule has 1 amide bonds. The highest BCUT2D eigenvalue weighted by Gasteiger charge is 2.28. The molecule has 0 aliphatic carbocycles. The first kappa shape index (κ1) is 15.5. The van der Waals surface area contributed by atoms with Crippen LogP contribution in [0.1, 0.15) is 54.4 Å². The Hall–Kier alpha value is -2.37. The number of fused-ring (bicyclic) bond motifs is 1. The van der Waals surface area contributed by atoms with Crippen LogP contribution in [0.5, 0.6) is 5.88 Å². The number of amides is 1. The van der Waals surface area contributed by atoms with Gasteiger partial charge in [-0.3, -0.25) is 4.79 Å². The van der Waals surface area contributed by atoms with Crippen LogP contribution in [0.4, 0.5) is 0 Å². The van der Waals surface area contributed by atoms with E-state index >= 15 is 0 Å². The molecule has 0 radical (unpaired) electrons. The second-order valence-electron chi connectivity index (χ2n) is 5.84. The second kappa shape index (κ2) is 6.40. The highest BCUT2D eigenvalue weighted by molar-refractivity contribution is 5.96. The summed E-state index contributed by atoms with van der Waals surface area (Å²) in [6.45, 7) is 7.51. The molecule has 6 heteroatoms. The van der Waals surface area contributed by atoms with Gasteiger partial charge in [0, 0.05) is 25.1 Å². The number of ether oxygens (including phenoxy) is 1. The lowest BCUT2D eigenvalue weighted by Crippen LogP contribution is -2.36. The molecule has 0 saturated carbocycles. The first-order valence-electron chi connectivity index (χ1n) is 7.95. The van der Waals surface area contributed by atoms with E-state index in [0.717, 1.165) is 17.3 Å². The zero-order chi connectivity index (χ0) is 16.4. The first-order valence-corrected chi connectivity index (χ1v) is 7.95. The monoisotopic (exact) mass is 315 g/mol. The van der Waals surface area contributed by atoms with E-state index in [0.29, 0.717) is 37.6 Å². The zero-order valence-electron chi connectivity index (χ0n) is 13.7. The summed E-state index contributed by atoms with van der Waals surface area (Å²) in [5, 5.41) is 0. The summed E-state index contributed by atoms with van der Waals surface area (Å²) >= 11 is 0. The largest absolute Gasteiger partial charge is 0.477 e. The average molecular weight is 315 g/mol. The summed E-state index contributed by atoms with van der Waals surface area (Å²) in [7, 11) is 0. The Morgan fingerprint density at radius 2 is 2.30 bits per heavy atom. The lowest BCUT2D eigenvalue weighted by Gasteiger charge is -2.25. The first-order chi connectivity index (χ1) is 11.1. The van der Waals surface area contributed by atoms with Gasteiger partial charge in [-0.2, -0.15) is 0 Å². The average Bonchev–Trinajstić information content (AvgIpc) is 2.98. The summed E-state index contributed by atoms with van der Waals surface area (Å²) in [5.41, 5.74) is 1.35. The van der Waals surface area contributed by atoms with Crippen molar-refractivity contribution in [3.05, 3.63) is 41.2 Å². The molecule has 3 heterocycles. The Labute approximate surface area is 135 Å². The molecular weight excluding hydrogens is 294 g/mol. The Morgan fingerprint density at radius 3 is 3.04 bits per heavy atom. The molecule has 1 aliphatic rings. The van der Waals surface area contributed by atoms with Crippen LogP contribution < -0.4 is 4.74 Å². The molecule has 2 aromatic heterocycles. The molecule has 0 N–H and O–H groups in total. The van der Waals surface area contributed by atoms with Crippen molar-refractivity contribution < 1.29 is 13.9 Å². The molecule has 23 heavy (non-hydrogen) atoms. The van der Waals surface area contributed by atoms with Crippen molar-refractivity contribution in [1.29, 1.82) is 0 Å². The standard InChI is InChI=1S/C17H21N3O3/c1-4-22-16-12(6-5-8-18-16)17(21)20-9-7-14-13(10-20)19-15(23-14)11(2)3/h5-6,8,11H,4,7,9-10H2,1-3H3. The van der Waals surface area contributed by atoms with Crippen molar-refractivity contribution >= 4 is 5.91 Å². The number of aromatic nitrogens is 2. The third kappa shape index (κ3) is 3.06. The minimum absolute atomic E-state index is 0.0821. The maximum Gasteiger partial charge on any atom is 0.259 e. The van der Waals surface area contributed by atoms with Gasteiger partial charge in [0.2, 0.25) is 5.88 Å². The van der Waals surface area contributed by atoms with Gasteiger partial charge < -0.3 is 14.1 Å². The fourth-order valence-corrected chi connectivity index (χ4v) is 2.61. The lowest BCUT2D eigenvalue weighted by molar-refractivity contribution is 0.0722. The Kier molecular flexibility index (Phi) is 4.32. The number of oxazole rings is 1. The molecule has 6 nitrogen and oxygen atoms in total. The molecule has 0 saturated heterocycles. The van der Waals surface area contributed by atoms with Crippen LogP contribution in [-0.4, -0.2) is 33.9 Å². The maximum absolute atomic E-state index is 12.8. The quantitative estimate of drug-likeness (QED) is 0.868. The normalized spacial score (nSPS) is 14.0. The van der Waals surface area contributed by atoms with Crippen molar-refractivity contribution in [2.45, 2.75) is 39.7 Å². The van der Waals surface area contributed by atoms with Crippen molar-refractivity contribution in [2.24, 2.45) is 0 Å². The minimum Gasteiger partial charge on any atom is -0.477 e. The number of nitrogens with zero attached hydrogens (tertiary/aromatic N) is 3. The van der Waals surface area contributed by atoms with Crippen molar-refractivity contribution in [2.75, 3.05) is 13.2 Å². The van der Waals surface area contributed by atoms with E-state index in [-0.39, 0.29) is 11.8 Å². The Balaban J connectivity index is 1.82. The van der Waals surface area contributed by atoms with Crippen LogP contribution >= 0.6 is 0 Å². The number of pyridine rings is 1. The van der Waals surface area contributed by atoms with E-state index in [1.54, 1.807) is 23.2 Å². The zero-order valence-corrected chi connectivity index (χ0v) is 13.7. The molecule has 122 valence electrons. The Morgan fingerprint density at radius 1 is 1.48 bits per heavy atom. The summed E-state index contributed by atoms with van der Waals surface area (Å²) in [4.78, 5) is 23.2. The predicted molar refractivity (Wildman–Crippen MR) is 84.4 cm³/mol. The van der Waals surface area contributed by atoms with E-state index in [4.69, 9.17) is 9.15 Å². The highest BCUT2D eigenvalue weighted by atomic mass is 16.5. The molecule has 3 rings (SSSR count). The van der Waals surface area contributed by atoms with Gasteiger partial charge in [0.05, 0.1) is 13.2 Å². The molecule has 0 bridgehead atoms. The van der Waals surface area contributed by atoms with Crippen molar-refractivity contribution in [3.63, 3.8) is 0 Å². The smallest absolute Gasteiger partial charge is 0.259 e. The molecule has 2 aromatic rings. The summed E-state index contributed by atoms with van der Waals surface area (Å²) in [6, 6.07) is 3.50. The SMILES string of the molecule is CCOc1ncccc1C(=O)N1CCc2oc(C(C)C)nc2C1. The Bertz CT molecular complexity index is 709. The van der Waals surface area contributed by atoms with Gasteiger partial charge in [0.15, 0.2) is 5.89 Å². The lowest BCUT2D eigenvalue weighted by atomic mass is 10.1. The summed E-state index contributed by atoms with van der Waals surface area (Å²) in [5.74, 6) is 2.18. The topological polar surface area (TPSA) is 68.5 Å². The van der Waals surface area contributed by atoms with Gasteiger partial charge >= 0.3 is 0 Å². The minimum atomic E-state index is -0.0821. The van der Waals surface area contributed by atoms with Crippen LogP contribution in [-0.2, 0) is 13.0 Å². The van der Waals surface area contributed by atoms with E-state index in [1.165, 1.54) is 0 Å². The molecule has 0 aromatic carbocycles. The van der Waals surface area contributed by atoms with Gasteiger partial charge in [-0.25, -0.2) is 9.97 Å².